The number of hydrogen-bond donors (Lipinski definition) is 2. The molecule has 3 N–H and O–H groups in total. The first-order valence-electron chi connectivity index (χ1n) is 11.0. The van der Waals surface area contributed by atoms with Gasteiger partial charge in [0, 0.05) is 16.8 Å². The molecule has 0 fully saturated rings. The second-order valence-electron chi connectivity index (χ2n) is 8.15. The number of nitriles is 1. The lowest BCUT2D eigenvalue weighted by molar-refractivity contribution is -0.139. The van der Waals surface area contributed by atoms with Gasteiger partial charge in [-0.1, -0.05) is 6.07 Å². The number of carboxylic acids is 1. The van der Waals surface area contributed by atoms with E-state index >= 15 is 0 Å². The molecule has 1 aromatic heterocycles. The van der Waals surface area contributed by atoms with E-state index < -0.39 is 29.6 Å². The maximum absolute atomic E-state index is 13.4. The Balaban J connectivity index is 1.99. The van der Waals surface area contributed by atoms with E-state index in [1.54, 1.807) is 6.92 Å². The van der Waals surface area contributed by atoms with Gasteiger partial charge in [0.2, 0.25) is 0 Å². The largest absolute Gasteiger partial charge is 0.478 e. The quantitative estimate of drug-likeness (QED) is 0.457. The summed E-state index contributed by atoms with van der Waals surface area (Å²) in [6, 6.07) is 12.2. The summed E-state index contributed by atoms with van der Waals surface area (Å²) in [6.07, 6.45) is -4.67. The number of benzene rings is 2. The fourth-order valence-electron chi connectivity index (χ4n) is 4.35. The van der Waals surface area contributed by atoms with E-state index in [4.69, 9.17) is 14.9 Å². The SMILES string of the molecule is CCOC(=O)C1=C(N)N(c2cccc(C(F)(F)F)c2)C(C)=C(C(=O)O)C1c1cc2cc(C#N)ccc2o1. The van der Waals surface area contributed by atoms with Gasteiger partial charge in [-0.05, 0) is 56.3 Å². The maximum Gasteiger partial charge on any atom is 0.416 e. The zero-order chi connectivity index (χ0) is 27.1. The molecule has 0 aliphatic carbocycles. The van der Waals surface area contributed by atoms with Crippen LogP contribution in [0.15, 0.2) is 75.6 Å². The number of hydrogen-bond acceptors (Lipinski definition) is 7. The summed E-state index contributed by atoms with van der Waals surface area (Å²) in [5.74, 6) is -3.99. The van der Waals surface area contributed by atoms with Gasteiger partial charge < -0.3 is 24.9 Å². The van der Waals surface area contributed by atoms with Crippen LogP contribution in [0.3, 0.4) is 0 Å². The van der Waals surface area contributed by atoms with Crippen LogP contribution in [0.4, 0.5) is 18.9 Å². The molecule has 37 heavy (non-hydrogen) atoms. The molecule has 0 radical (unpaired) electrons. The summed E-state index contributed by atoms with van der Waals surface area (Å²) in [4.78, 5) is 26.7. The number of fused-ring (bicyclic) bond motifs is 1. The molecule has 4 rings (SSSR count). The minimum absolute atomic E-state index is 0.0134. The number of aliphatic carboxylic acids is 1. The summed E-state index contributed by atoms with van der Waals surface area (Å²) in [5.41, 5.74) is 5.32. The molecule has 1 atom stereocenters. The van der Waals surface area contributed by atoms with E-state index in [0.717, 1.165) is 23.1 Å². The van der Waals surface area contributed by atoms with Gasteiger partial charge in [0.1, 0.15) is 17.2 Å². The third-order valence-corrected chi connectivity index (χ3v) is 5.93. The second-order valence-corrected chi connectivity index (χ2v) is 8.15. The van der Waals surface area contributed by atoms with Gasteiger partial charge >= 0.3 is 18.1 Å². The zero-order valence-electron chi connectivity index (χ0n) is 19.6. The molecule has 1 unspecified atom stereocenters. The Kier molecular flexibility index (Phi) is 6.44. The Hall–Kier alpha value is -4.72. The van der Waals surface area contributed by atoms with E-state index in [1.165, 1.54) is 37.3 Å². The van der Waals surface area contributed by atoms with Gasteiger partial charge in [-0.15, -0.1) is 0 Å². The molecule has 2 aromatic carbocycles. The number of carboxylic acid groups (broad SMARTS) is 1. The number of carbonyl (C=O) groups excluding carboxylic acids is 1. The standard InChI is InChI=1S/C26H20F3N3O5/c1-3-36-25(35)22-21(19-10-15-9-14(12-30)7-8-18(15)37-19)20(24(33)34)13(2)32(23(22)31)17-6-4-5-16(11-17)26(27,28)29/h4-11,21H,3,31H2,1-2H3,(H,33,34). The minimum atomic E-state index is -4.67. The third-order valence-electron chi connectivity index (χ3n) is 5.93. The van der Waals surface area contributed by atoms with Gasteiger partial charge in [-0.3, -0.25) is 0 Å². The van der Waals surface area contributed by atoms with Crippen LogP contribution in [-0.2, 0) is 20.5 Å². The van der Waals surface area contributed by atoms with Gasteiger partial charge in [0.05, 0.1) is 40.9 Å². The first kappa shape index (κ1) is 25.4. The van der Waals surface area contributed by atoms with Crippen molar-refractivity contribution in [3.05, 3.63) is 88.1 Å². The molecular formula is C26H20F3N3O5. The molecule has 0 saturated carbocycles. The highest BCUT2D eigenvalue weighted by Gasteiger charge is 2.43. The first-order chi connectivity index (χ1) is 17.5. The van der Waals surface area contributed by atoms with Crippen LogP contribution in [0.5, 0.6) is 0 Å². The number of nitrogens with two attached hydrogens (primary N) is 1. The Bertz CT molecular complexity index is 1530. The molecule has 1 aliphatic rings. The Morgan fingerprint density at radius 1 is 1.19 bits per heavy atom. The van der Waals surface area contributed by atoms with Crippen molar-refractivity contribution in [1.82, 2.24) is 0 Å². The van der Waals surface area contributed by atoms with E-state index in [1.807, 2.05) is 6.07 Å². The normalized spacial score (nSPS) is 16.2. The Labute approximate surface area is 208 Å². The predicted molar refractivity (Wildman–Crippen MR) is 126 cm³/mol. The van der Waals surface area contributed by atoms with Gasteiger partial charge in [0.15, 0.2) is 0 Å². The molecular weight excluding hydrogens is 491 g/mol. The number of alkyl halides is 3. The number of ether oxygens (including phenoxy) is 1. The summed E-state index contributed by atoms with van der Waals surface area (Å²) in [6.45, 7) is 2.85. The van der Waals surface area contributed by atoms with Crippen LogP contribution in [0.1, 0.15) is 36.7 Å². The Morgan fingerprint density at radius 2 is 1.92 bits per heavy atom. The van der Waals surface area contributed by atoms with E-state index in [2.05, 4.69) is 0 Å². The van der Waals surface area contributed by atoms with Crippen LogP contribution in [0.2, 0.25) is 0 Å². The molecule has 11 heteroatoms. The fraction of sp³-hybridized carbons (Fsp3) is 0.192. The van der Waals surface area contributed by atoms with Crippen molar-refractivity contribution in [2.75, 3.05) is 11.5 Å². The number of carbonyl (C=O) groups is 2. The highest BCUT2D eigenvalue weighted by molar-refractivity contribution is 6.01. The highest BCUT2D eigenvalue weighted by Crippen LogP contribution is 2.45. The van der Waals surface area contributed by atoms with E-state index in [9.17, 15) is 33.1 Å². The van der Waals surface area contributed by atoms with Crippen LogP contribution in [0, 0.1) is 11.3 Å². The molecule has 1 aliphatic heterocycles. The number of anilines is 1. The van der Waals surface area contributed by atoms with Crippen LogP contribution < -0.4 is 10.6 Å². The average Bonchev–Trinajstić information content (AvgIpc) is 3.26. The van der Waals surface area contributed by atoms with Crippen LogP contribution in [0.25, 0.3) is 11.0 Å². The van der Waals surface area contributed by atoms with Crippen molar-refractivity contribution in [1.29, 1.82) is 5.26 Å². The highest BCUT2D eigenvalue weighted by atomic mass is 19.4. The topological polar surface area (TPSA) is 130 Å². The number of furan rings is 1. The molecule has 2 heterocycles. The predicted octanol–water partition coefficient (Wildman–Crippen LogP) is 5.02. The fourth-order valence-corrected chi connectivity index (χ4v) is 4.35. The third kappa shape index (κ3) is 4.49. The van der Waals surface area contributed by atoms with Crippen LogP contribution in [-0.4, -0.2) is 23.7 Å². The molecule has 3 aromatic rings. The summed E-state index contributed by atoms with van der Waals surface area (Å²) in [7, 11) is 0. The lowest BCUT2D eigenvalue weighted by atomic mass is 9.83. The van der Waals surface area contributed by atoms with Crippen molar-refractivity contribution < 1.29 is 37.0 Å². The zero-order valence-corrected chi connectivity index (χ0v) is 19.6. The van der Waals surface area contributed by atoms with E-state index in [-0.39, 0.29) is 40.7 Å². The molecule has 0 spiro atoms. The van der Waals surface area contributed by atoms with Crippen molar-refractivity contribution in [3.63, 3.8) is 0 Å². The van der Waals surface area contributed by atoms with Crippen LogP contribution >= 0.6 is 0 Å². The van der Waals surface area contributed by atoms with Crippen molar-refractivity contribution in [3.8, 4) is 6.07 Å². The van der Waals surface area contributed by atoms with Gasteiger partial charge in [0.25, 0.3) is 0 Å². The Morgan fingerprint density at radius 3 is 2.54 bits per heavy atom. The minimum Gasteiger partial charge on any atom is -0.478 e. The molecule has 0 amide bonds. The summed E-state index contributed by atoms with van der Waals surface area (Å²) < 4.78 is 51.2. The molecule has 8 nitrogen and oxygen atoms in total. The first-order valence-corrected chi connectivity index (χ1v) is 11.0. The number of allylic oxidation sites excluding steroid dienone is 1. The average molecular weight is 511 g/mol. The number of esters is 1. The molecule has 0 bridgehead atoms. The summed E-state index contributed by atoms with van der Waals surface area (Å²) >= 11 is 0. The van der Waals surface area contributed by atoms with E-state index in [0.29, 0.717) is 16.5 Å². The molecule has 190 valence electrons. The lowest BCUT2D eigenvalue weighted by Gasteiger charge is -2.36. The molecule has 0 saturated heterocycles. The maximum atomic E-state index is 13.4. The van der Waals surface area contributed by atoms with Crippen molar-refractivity contribution in [2.45, 2.75) is 25.9 Å². The second kappa shape index (κ2) is 9.39. The summed E-state index contributed by atoms with van der Waals surface area (Å²) in [5, 5.41) is 19.9. The number of nitrogens with zero attached hydrogens (tertiary/aromatic N) is 2. The van der Waals surface area contributed by atoms with Crippen molar-refractivity contribution >= 4 is 28.6 Å². The number of halogens is 3. The number of rotatable bonds is 5. The van der Waals surface area contributed by atoms with Crippen molar-refractivity contribution in [2.24, 2.45) is 5.73 Å². The van der Waals surface area contributed by atoms with Gasteiger partial charge in [-0.25, -0.2) is 9.59 Å². The lowest BCUT2D eigenvalue weighted by Crippen LogP contribution is -2.39. The van der Waals surface area contributed by atoms with Gasteiger partial charge in [-0.2, -0.15) is 18.4 Å². The smallest absolute Gasteiger partial charge is 0.416 e. The monoisotopic (exact) mass is 511 g/mol.